The maximum atomic E-state index is 13.6. The van der Waals surface area contributed by atoms with E-state index in [9.17, 15) is 14.4 Å². The van der Waals surface area contributed by atoms with Gasteiger partial charge in [-0.25, -0.2) is 14.8 Å². The van der Waals surface area contributed by atoms with Crippen LogP contribution in [-0.2, 0) is 16.1 Å². The monoisotopic (exact) mass is 481 g/mol. The van der Waals surface area contributed by atoms with Crippen LogP contribution in [0.2, 0.25) is 5.02 Å². The summed E-state index contributed by atoms with van der Waals surface area (Å²) in [4.78, 5) is 50.6. The molecule has 0 aliphatic carbocycles. The van der Waals surface area contributed by atoms with Crippen molar-refractivity contribution in [2.24, 2.45) is 0 Å². The lowest BCUT2D eigenvalue weighted by atomic mass is 9.93. The van der Waals surface area contributed by atoms with E-state index in [0.717, 1.165) is 10.9 Å². The van der Waals surface area contributed by atoms with Crippen LogP contribution in [-0.4, -0.2) is 63.3 Å². The number of rotatable bonds is 4. The molecule has 1 atom stereocenters. The fraction of sp³-hybridized carbons (Fsp3) is 0.261. The second kappa shape index (κ2) is 9.14. The fourth-order valence-electron chi connectivity index (χ4n) is 4.05. The summed E-state index contributed by atoms with van der Waals surface area (Å²) >= 11 is 5.90. The summed E-state index contributed by atoms with van der Waals surface area (Å²) in [6.07, 6.45) is 1.38. The third-order valence-corrected chi connectivity index (χ3v) is 6.20. The van der Waals surface area contributed by atoms with Crippen LogP contribution in [0.3, 0.4) is 0 Å². The number of nitrogens with two attached hydrogens (primary N) is 1. The molecule has 34 heavy (non-hydrogen) atoms. The lowest BCUT2D eigenvalue weighted by Crippen LogP contribution is -2.71. The number of nitrogens with zero attached hydrogens (tertiary/aromatic N) is 4. The third kappa shape index (κ3) is 4.19. The van der Waals surface area contributed by atoms with Crippen LogP contribution in [0, 0.1) is 0 Å². The minimum atomic E-state index is -1.73. The summed E-state index contributed by atoms with van der Waals surface area (Å²) in [6, 6.07) is 11.5. The van der Waals surface area contributed by atoms with Crippen molar-refractivity contribution in [1.82, 2.24) is 25.1 Å². The molecular weight excluding hydrogens is 458 g/mol. The SMILES string of the molecule is CNC(=O)[C@@]1(C)C(=O)N(Cc2ccc3c(N)ncnc3c2)CCN1C(=O)Nc1ccc(Cl)cc1. The van der Waals surface area contributed by atoms with Crippen LogP contribution < -0.4 is 16.4 Å². The summed E-state index contributed by atoms with van der Waals surface area (Å²) < 4.78 is 0. The number of nitrogens with one attached hydrogen (secondary N) is 2. The molecule has 1 aromatic heterocycles. The summed E-state index contributed by atoms with van der Waals surface area (Å²) in [5.41, 5.74) is 6.14. The number of urea groups is 1. The topological polar surface area (TPSA) is 134 Å². The van der Waals surface area contributed by atoms with Gasteiger partial charge in [-0.15, -0.1) is 0 Å². The van der Waals surface area contributed by atoms with Gasteiger partial charge in [0.05, 0.1) is 5.52 Å². The molecule has 0 unspecified atom stereocenters. The summed E-state index contributed by atoms with van der Waals surface area (Å²) in [5, 5.41) is 6.50. The van der Waals surface area contributed by atoms with Crippen LogP contribution in [0.4, 0.5) is 16.3 Å². The van der Waals surface area contributed by atoms with Gasteiger partial charge in [-0.1, -0.05) is 17.7 Å². The fourth-order valence-corrected chi connectivity index (χ4v) is 4.18. The van der Waals surface area contributed by atoms with Gasteiger partial charge in [-0.05, 0) is 48.9 Å². The van der Waals surface area contributed by atoms with Crippen LogP contribution in [0.1, 0.15) is 12.5 Å². The quantitative estimate of drug-likeness (QED) is 0.489. The number of amides is 4. The van der Waals surface area contributed by atoms with E-state index < -0.39 is 23.4 Å². The first kappa shape index (κ1) is 23.2. The number of aromatic nitrogens is 2. The number of benzene rings is 2. The Balaban J connectivity index is 1.58. The molecule has 0 saturated carbocycles. The lowest BCUT2D eigenvalue weighted by Gasteiger charge is -2.46. The number of anilines is 2. The van der Waals surface area contributed by atoms with Crippen LogP contribution in [0.15, 0.2) is 48.8 Å². The Morgan fingerprint density at radius 2 is 1.88 bits per heavy atom. The Labute approximate surface area is 201 Å². The minimum absolute atomic E-state index is 0.164. The molecule has 4 N–H and O–H groups in total. The second-order valence-electron chi connectivity index (χ2n) is 8.08. The first-order valence-corrected chi connectivity index (χ1v) is 11.0. The third-order valence-electron chi connectivity index (χ3n) is 5.95. The molecule has 2 aromatic carbocycles. The number of nitrogen functional groups attached to an aromatic ring is 1. The standard InChI is InChI=1S/C23H24ClN7O3/c1-23(20(32)26-2)21(33)30(12-14-3-8-17-18(11-14)27-13-28-19(17)25)9-10-31(23)22(34)29-16-6-4-15(24)5-7-16/h3-8,11,13H,9-10,12H2,1-2H3,(H,26,32)(H,29,34)(H2,25,27,28)/t23-/m0/s1. The van der Waals surface area contributed by atoms with Crippen molar-refractivity contribution >= 4 is 51.9 Å². The van der Waals surface area contributed by atoms with Crippen molar-refractivity contribution in [3.05, 3.63) is 59.4 Å². The van der Waals surface area contributed by atoms with E-state index in [0.29, 0.717) is 22.0 Å². The van der Waals surface area contributed by atoms with E-state index in [4.69, 9.17) is 17.3 Å². The van der Waals surface area contributed by atoms with Gasteiger partial charge in [0.1, 0.15) is 12.1 Å². The first-order valence-electron chi connectivity index (χ1n) is 10.6. The second-order valence-corrected chi connectivity index (χ2v) is 8.51. The van der Waals surface area contributed by atoms with Gasteiger partial charge in [-0.3, -0.25) is 14.5 Å². The Kier molecular flexibility index (Phi) is 6.25. The average Bonchev–Trinajstić information content (AvgIpc) is 2.83. The number of hydrogen-bond donors (Lipinski definition) is 3. The van der Waals surface area contributed by atoms with Crippen molar-refractivity contribution in [2.45, 2.75) is 19.0 Å². The Morgan fingerprint density at radius 1 is 1.15 bits per heavy atom. The largest absolute Gasteiger partial charge is 0.383 e. The molecular formula is C23H24ClN7O3. The number of halogens is 1. The van der Waals surface area contributed by atoms with Crippen LogP contribution >= 0.6 is 11.6 Å². The molecule has 1 saturated heterocycles. The zero-order chi connectivity index (χ0) is 24.5. The maximum absolute atomic E-state index is 13.6. The number of likely N-dealkylation sites (N-methyl/N-ethyl adjacent to an activating group) is 1. The zero-order valence-electron chi connectivity index (χ0n) is 18.7. The highest BCUT2D eigenvalue weighted by Crippen LogP contribution is 2.27. The van der Waals surface area contributed by atoms with Crippen molar-refractivity contribution in [3.8, 4) is 0 Å². The summed E-state index contributed by atoms with van der Waals surface area (Å²) in [5.74, 6) is -0.681. The van der Waals surface area contributed by atoms with Crippen LogP contribution in [0.25, 0.3) is 10.9 Å². The Bertz CT molecular complexity index is 1270. The van der Waals surface area contributed by atoms with E-state index >= 15 is 0 Å². The molecule has 1 aliphatic rings. The number of carbonyl (C=O) groups is 3. The maximum Gasteiger partial charge on any atom is 0.323 e. The highest BCUT2D eigenvalue weighted by Gasteiger charge is 2.53. The predicted octanol–water partition coefficient (Wildman–Crippen LogP) is 2.25. The molecule has 176 valence electrons. The first-order chi connectivity index (χ1) is 16.2. The molecule has 4 amide bonds. The van der Waals surface area contributed by atoms with Gasteiger partial charge < -0.3 is 21.3 Å². The minimum Gasteiger partial charge on any atom is -0.383 e. The molecule has 10 nitrogen and oxygen atoms in total. The molecule has 11 heteroatoms. The molecule has 0 spiro atoms. The van der Waals surface area contributed by atoms with Crippen molar-refractivity contribution in [3.63, 3.8) is 0 Å². The normalized spacial score (nSPS) is 18.1. The van der Waals surface area contributed by atoms with Gasteiger partial charge in [0, 0.05) is 42.8 Å². The molecule has 1 aliphatic heterocycles. The molecule has 0 radical (unpaired) electrons. The average molecular weight is 482 g/mol. The lowest BCUT2D eigenvalue weighted by molar-refractivity contribution is -0.155. The van der Waals surface area contributed by atoms with E-state index in [1.165, 1.54) is 25.2 Å². The zero-order valence-corrected chi connectivity index (χ0v) is 19.5. The van der Waals surface area contributed by atoms with Gasteiger partial charge in [0.2, 0.25) is 0 Å². The van der Waals surface area contributed by atoms with Crippen LogP contribution in [0.5, 0.6) is 0 Å². The highest BCUT2D eigenvalue weighted by molar-refractivity contribution is 6.30. The van der Waals surface area contributed by atoms with E-state index in [-0.39, 0.29) is 19.6 Å². The Morgan fingerprint density at radius 3 is 2.59 bits per heavy atom. The van der Waals surface area contributed by atoms with Gasteiger partial charge in [0.25, 0.3) is 11.8 Å². The summed E-state index contributed by atoms with van der Waals surface area (Å²) in [6.45, 7) is 2.12. The molecule has 2 heterocycles. The van der Waals surface area contributed by atoms with Gasteiger partial charge in [-0.2, -0.15) is 0 Å². The molecule has 4 rings (SSSR count). The predicted molar refractivity (Wildman–Crippen MR) is 129 cm³/mol. The van der Waals surface area contributed by atoms with Crippen molar-refractivity contribution in [1.29, 1.82) is 0 Å². The highest BCUT2D eigenvalue weighted by atomic mass is 35.5. The number of hydrogen-bond acceptors (Lipinski definition) is 6. The van der Waals surface area contributed by atoms with Crippen molar-refractivity contribution in [2.75, 3.05) is 31.2 Å². The van der Waals surface area contributed by atoms with E-state index in [1.807, 2.05) is 12.1 Å². The smallest absolute Gasteiger partial charge is 0.323 e. The molecule has 3 aromatic rings. The van der Waals surface area contributed by atoms with E-state index in [2.05, 4.69) is 20.6 Å². The number of carbonyl (C=O) groups excluding carboxylic acids is 3. The Hall–Kier alpha value is -3.92. The molecule has 1 fully saturated rings. The van der Waals surface area contributed by atoms with E-state index in [1.54, 1.807) is 35.2 Å². The summed E-state index contributed by atoms with van der Waals surface area (Å²) in [7, 11) is 1.43. The van der Waals surface area contributed by atoms with Crippen molar-refractivity contribution < 1.29 is 14.4 Å². The number of piperazine rings is 1. The number of fused-ring (bicyclic) bond motifs is 1. The molecule has 0 bridgehead atoms. The van der Waals surface area contributed by atoms with Gasteiger partial charge >= 0.3 is 6.03 Å². The van der Waals surface area contributed by atoms with Gasteiger partial charge in [0.15, 0.2) is 5.54 Å².